The highest BCUT2D eigenvalue weighted by Crippen LogP contribution is 2.50. The fraction of sp³-hybridized carbons (Fsp3) is 0.263. The predicted molar refractivity (Wildman–Crippen MR) is 90.8 cm³/mol. The number of benzene rings is 2. The molecule has 22 heavy (non-hydrogen) atoms. The highest BCUT2D eigenvalue weighted by Gasteiger charge is 2.37. The summed E-state index contributed by atoms with van der Waals surface area (Å²) in [5, 5.41) is 4.51. The second-order valence-corrected chi connectivity index (χ2v) is 6.42. The van der Waals surface area contributed by atoms with Crippen LogP contribution >= 0.6 is 11.6 Å². The second-order valence-electron chi connectivity index (χ2n) is 5.98. The molecule has 1 heterocycles. The molecule has 2 aromatic carbocycles. The normalized spacial score (nSPS) is 25.3. The number of halogens is 1. The van der Waals surface area contributed by atoms with Gasteiger partial charge in [-0.15, -0.1) is 0 Å². The van der Waals surface area contributed by atoms with E-state index >= 15 is 0 Å². The lowest BCUT2D eigenvalue weighted by molar-refractivity contribution is 0.406. The number of ether oxygens (including phenoxy) is 1. The zero-order chi connectivity index (χ0) is 15.1. The van der Waals surface area contributed by atoms with Crippen LogP contribution in [0, 0.1) is 5.92 Å². The van der Waals surface area contributed by atoms with Crippen LogP contribution in [0.2, 0.25) is 5.02 Å². The van der Waals surface area contributed by atoms with Crippen molar-refractivity contribution in [2.45, 2.75) is 18.4 Å². The maximum Gasteiger partial charge on any atom is 0.119 e. The van der Waals surface area contributed by atoms with E-state index in [1.165, 1.54) is 16.8 Å². The van der Waals surface area contributed by atoms with Crippen LogP contribution in [0.4, 0.5) is 5.69 Å². The molecule has 0 amide bonds. The number of rotatable bonds is 2. The SMILES string of the molecule is COc1cccc([C@@H]2Nc3ccc(Cl)cc3[C@H]3C=CC[C@H]32)c1. The van der Waals surface area contributed by atoms with E-state index in [1.54, 1.807) is 7.11 Å². The van der Waals surface area contributed by atoms with Gasteiger partial charge in [-0.25, -0.2) is 0 Å². The van der Waals surface area contributed by atoms with Gasteiger partial charge < -0.3 is 10.1 Å². The van der Waals surface area contributed by atoms with E-state index in [2.05, 4.69) is 47.8 Å². The van der Waals surface area contributed by atoms with E-state index < -0.39 is 0 Å². The molecule has 0 saturated carbocycles. The quantitative estimate of drug-likeness (QED) is 0.772. The van der Waals surface area contributed by atoms with Gasteiger partial charge in [-0.3, -0.25) is 0 Å². The van der Waals surface area contributed by atoms with Crippen molar-refractivity contribution in [3.63, 3.8) is 0 Å². The Morgan fingerprint density at radius 3 is 2.95 bits per heavy atom. The molecule has 0 spiro atoms. The van der Waals surface area contributed by atoms with Crippen molar-refractivity contribution < 1.29 is 4.74 Å². The fourth-order valence-electron chi connectivity index (χ4n) is 3.73. The third kappa shape index (κ3) is 2.19. The number of hydrogen-bond acceptors (Lipinski definition) is 2. The average molecular weight is 312 g/mol. The van der Waals surface area contributed by atoms with Gasteiger partial charge in [0.2, 0.25) is 0 Å². The van der Waals surface area contributed by atoms with Crippen LogP contribution in [0.5, 0.6) is 5.75 Å². The number of hydrogen-bond donors (Lipinski definition) is 1. The Labute approximate surface area is 135 Å². The first kappa shape index (κ1) is 13.7. The van der Waals surface area contributed by atoms with Gasteiger partial charge in [0.1, 0.15) is 5.75 Å². The van der Waals surface area contributed by atoms with E-state index in [0.717, 1.165) is 17.2 Å². The molecule has 3 atom stereocenters. The summed E-state index contributed by atoms with van der Waals surface area (Å²) in [6.45, 7) is 0. The molecule has 0 aromatic heterocycles. The standard InChI is InChI=1S/C19H18ClNO/c1-22-14-5-2-4-12(10-14)19-16-7-3-6-15(16)17-11-13(20)8-9-18(17)21-19/h2-6,8-11,15-16,19,21H,7H2,1H3/t15-,16+,19-/m0/s1. The van der Waals surface area contributed by atoms with Crippen LogP contribution in [0.15, 0.2) is 54.6 Å². The van der Waals surface area contributed by atoms with Crippen molar-refractivity contribution in [1.82, 2.24) is 0 Å². The van der Waals surface area contributed by atoms with Crippen molar-refractivity contribution in [2.75, 3.05) is 12.4 Å². The van der Waals surface area contributed by atoms with Crippen molar-refractivity contribution in [2.24, 2.45) is 5.92 Å². The smallest absolute Gasteiger partial charge is 0.119 e. The van der Waals surface area contributed by atoms with Crippen molar-refractivity contribution in [1.29, 1.82) is 0 Å². The zero-order valence-corrected chi connectivity index (χ0v) is 13.2. The first-order valence-electron chi connectivity index (χ1n) is 7.63. The fourth-order valence-corrected chi connectivity index (χ4v) is 3.91. The molecule has 2 aromatic rings. The number of methoxy groups -OCH3 is 1. The minimum Gasteiger partial charge on any atom is -0.497 e. The Bertz CT molecular complexity index is 740. The molecule has 0 saturated heterocycles. The van der Waals surface area contributed by atoms with Crippen LogP contribution in [0.3, 0.4) is 0 Å². The summed E-state index contributed by atoms with van der Waals surface area (Å²) in [6, 6.07) is 14.8. The molecule has 112 valence electrons. The number of fused-ring (bicyclic) bond motifs is 3. The highest BCUT2D eigenvalue weighted by atomic mass is 35.5. The van der Waals surface area contributed by atoms with E-state index in [4.69, 9.17) is 16.3 Å². The molecular formula is C19H18ClNO. The monoisotopic (exact) mass is 311 g/mol. The molecule has 0 bridgehead atoms. The Balaban J connectivity index is 1.77. The summed E-state index contributed by atoms with van der Waals surface area (Å²) >= 11 is 6.19. The molecule has 1 aliphatic carbocycles. The summed E-state index contributed by atoms with van der Waals surface area (Å²) in [5.41, 5.74) is 3.77. The van der Waals surface area contributed by atoms with E-state index in [-0.39, 0.29) is 0 Å². The molecule has 0 fully saturated rings. The van der Waals surface area contributed by atoms with Crippen LogP contribution < -0.4 is 10.1 Å². The summed E-state index contributed by atoms with van der Waals surface area (Å²) < 4.78 is 5.38. The maximum atomic E-state index is 6.19. The van der Waals surface area contributed by atoms with Gasteiger partial charge in [0.15, 0.2) is 0 Å². The molecule has 0 unspecified atom stereocenters. The highest BCUT2D eigenvalue weighted by molar-refractivity contribution is 6.30. The molecule has 2 aliphatic rings. The number of nitrogens with one attached hydrogen (secondary N) is 1. The van der Waals surface area contributed by atoms with Crippen LogP contribution in [0.25, 0.3) is 0 Å². The number of allylic oxidation sites excluding steroid dienone is 2. The Kier molecular flexibility index (Phi) is 3.34. The second kappa shape index (κ2) is 5.36. The largest absolute Gasteiger partial charge is 0.497 e. The first-order valence-corrected chi connectivity index (χ1v) is 8.00. The lowest BCUT2D eigenvalue weighted by Crippen LogP contribution is -2.29. The Hall–Kier alpha value is -1.93. The Morgan fingerprint density at radius 2 is 2.09 bits per heavy atom. The minimum absolute atomic E-state index is 0.295. The van der Waals surface area contributed by atoms with E-state index in [0.29, 0.717) is 17.9 Å². The van der Waals surface area contributed by atoms with Gasteiger partial charge in [0.05, 0.1) is 13.2 Å². The summed E-state index contributed by atoms with van der Waals surface area (Å²) in [4.78, 5) is 0. The van der Waals surface area contributed by atoms with Crippen molar-refractivity contribution >= 4 is 17.3 Å². The third-order valence-electron chi connectivity index (χ3n) is 4.78. The lowest BCUT2D eigenvalue weighted by atomic mass is 9.77. The van der Waals surface area contributed by atoms with Gasteiger partial charge in [-0.1, -0.05) is 35.9 Å². The predicted octanol–water partition coefficient (Wildman–Crippen LogP) is 5.18. The topological polar surface area (TPSA) is 21.3 Å². The molecule has 1 aliphatic heterocycles. The van der Waals surface area contributed by atoms with Gasteiger partial charge in [0, 0.05) is 16.6 Å². The molecular weight excluding hydrogens is 294 g/mol. The van der Waals surface area contributed by atoms with Crippen molar-refractivity contribution in [3.05, 3.63) is 70.8 Å². The molecule has 4 rings (SSSR count). The summed E-state index contributed by atoms with van der Waals surface area (Å²) in [5.74, 6) is 1.87. The summed E-state index contributed by atoms with van der Waals surface area (Å²) in [6.07, 6.45) is 5.71. The van der Waals surface area contributed by atoms with Crippen LogP contribution in [-0.2, 0) is 0 Å². The first-order chi connectivity index (χ1) is 10.8. The van der Waals surface area contributed by atoms with E-state index in [9.17, 15) is 0 Å². The van der Waals surface area contributed by atoms with Crippen LogP contribution in [-0.4, -0.2) is 7.11 Å². The van der Waals surface area contributed by atoms with E-state index in [1.807, 2.05) is 12.1 Å². The molecule has 1 N–H and O–H groups in total. The van der Waals surface area contributed by atoms with Crippen molar-refractivity contribution in [3.8, 4) is 5.75 Å². The summed E-state index contributed by atoms with van der Waals surface area (Å²) in [7, 11) is 1.71. The van der Waals surface area contributed by atoms with Crippen LogP contribution in [0.1, 0.15) is 29.5 Å². The molecule has 2 nitrogen and oxygen atoms in total. The van der Waals surface area contributed by atoms with Gasteiger partial charge in [-0.05, 0) is 53.8 Å². The molecule has 3 heteroatoms. The van der Waals surface area contributed by atoms with Gasteiger partial charge >= 0.3 is 0 Å². The van der Waals surface area contributed by atoms with Gasteiger partial charge in [0.25, 0.3) is 0 Å². The zero-order valence-electron chi connectivity index (χ0n) is 12.4. The minimum atomic E-state index is 0.295. The Morgan fingerprint density at radius 1 is 1.18 bits per heavy atom. The average Bonchev–Trinajstić information content (AvgIpc) is 3.04. The van der Waals surface area contributed by atoms with Gasteiger partial charge in [-0.2, -0.15) is 0 Å². The lowest BCUT2D eigenvalue weighted by Gasteiger charge is -2.37. The number of anilines is 1. The molecule has 0 radical (unpaired) electrons. The maximum absolute atomic E-state index is 6.19. The third-order valence-corrected chi connectivity index (χ3v) is 5.01.